The van der Waals surface area contributed by atoms with E-state index in [1.54, 1.807) is 30.3 Å². The second-order valence-electron chi connectivity index (χ2n) is 9.04. The first-order valence-corrected chi connectivity index (χ1v) is 11.7. The van der Waals surface area contributed by atoms with Crippen LogP contribution in [0.2, 0.25) is 0 Å². The van der Waals surface area contributed by atoms with E-state index >= 15 is 0 Å². The molecule has 2 aliphatic carbocycles. The van der Waals surface area contributed by atoms with Crippen LogP contribution in [0, 0.1) is 0 Å². The van der Waals surface area contributed by atoms with Gasteiger partial charge in [-0.05, 0) is 47.1 Å². The lowest BCUT2D eigenvalue weighted by Crippen LogP contribution is -2.61. The minimum absolute atomic E-state index is 0.109. The van der Waals surface area contributed by atoms with Crippen LogP contribution in [0.15, 0.2) is 78.9 Å². The molecular weight excluding hydrogens is 444 g/mol. The normalized spacial score (nSPS) is 16.2. The predicted molar refractivity (Wildman–Crippen MR) is 130 cm³/mol. The Morgan fingerprint density at radius 2 is 1.46 bits per heavy atom. The molecule has 0 aliphatic heterocycles. The number of carboxylic acids is 1. The minimum atomic E-state index is -1.28. The van der Waals surface area contributed by atoms with Crippen molar-refractivity contribution in [2.24, 2.45) is 0 Å². The number of ether oxygens (including phenoxy) is 1. The molecule has 2 amide bonds. The first-order valence-electron chi connectivity index (χ1n) is 11.7. The number of carbonyl (C=O) groups is 3. The van der Waals surface area contributed by atoms with Gasteiger partial charge in [0.25, 0.3) is 0 Å². The predicted octanol–water partition coefficient (Wildman–Crippen LogP) is 4.39. The van der Waals surface area contributed by atoms with Gasteiger partial charge in [0.1, 0.15) is 18.2 Å². The number of aliphatic carboxylic acids is 1. The van der Waals surface area contributed by atoms with E-state index in [-0.39, 0.29) is 12.5 Å². The SMILES string of the molecule is O=C(NC(C(=O)NC1(C(=O)O)CCC1)c1ccccc1)OCC1c2ccccc2-c2ccccc21. The monoisotopic (exact) mass is 470 g/mol. The number of carboxylic acid groups (broad SMARTS) is 1. The number of alkyl carbamates (subject to hydrolysis) is 1. The molecule has 1 unspecified atom stereocenters. The van der Waals surface area contributed by atoms with E-state index in [2.05, 4.69) is 22.8 Å². The van der Waals surface area contributed by atoms with Crippen LogP contribution in [0.25, 0.3) is 11.1 Å². The van der Waals surface area contributed by atoms with E-state index in [0.717, 1.165) is 28.7 Å². The Kier molecular flexibility index (Phi) is 5.99. The number of rotatable bonds is 7. The van der Waals surface area contributed by atoms with Crippen molar-refractivity contribution in [3.8, 4) is 11.1 Å². The molecule has 1 saturated carbocycles. The number of amides is 2. The lowest BCUT2D eigenvalue weighted by atomic mass is 9.76. The quantitative estimate of drug-likeness (QED) is 0.475. The molecule has 0 saturated heterocycles. The number of carbonyl (C=O) groups excluding carboxylic acids is 2. The largest absolute Gasteiger partial charge is 0.480 e. The van der Waals surface area contributed by atoms with Gasteiger partial charge in [-0.15, -0.1) is 0 Å². The molecule has 1 fully saturated rings. The second-order valence-corrected chi connectivity index (χ2v) is 9.04. The molecule has 0 aromatic heterocycles. The molecule has 178 valence electrons. The zero-order valence-electron chi connectivity index (χ0n) is 19.1. The third-order valence-electron chi connectivity index (χ3n) is 6.98. The van der Waals surface area contributed by atoms with E-state index in [0.29, 0.717) is 18.4 Å². The summed E-state index contributed by atoms with van der Waals surface area (Å²) < 4.78 is 5.61. The van der Waals surface area contributed by atoms with Crippen molar-refractivity contribution >= 4 is 18.0 Å². The van der Waals surface area contributed by atoms with Crippen LogP contribution >= 0.6 is 0 Å². The Hall–Kier alpha value is -4.13. The summed E-state index contributed by atoms with van der Waals surface area (Å²) >= 11 is 0. The third kappa shape index (κ3) is 4.25. The zero-order chi connectivity index (χ0) is 24.4. The van der Waals surface area contributed by atoms with Crippen molar-refractivity contribution in [1.82, 2.24) is 10.6 Å². The van der Waals surface area contributed by atoms with Crippen LogP contribution in [0.3, 0.4) is 0 Å². The van der Waals surface area contributed by atoms with Crippen molar-refractivity contribution in [3.05, 3.63) is 95.6 Å². The highest BCUT2D eigenvalue weighted by Gasteiger charge is 2.46. The highest BCUT2D eigenvalue weighted by molar-refractivity contribution is 5.92. The fourth-order valence-electron chi connectivity index (χ4n) is 4.93. The molecule has 35 heavy (non-hydrogen) atoms. The van der Waals surface area contributed by atoms with Gasteiger partial charge in [0.05, 0.1) is 0 Å². The summed E-state index contributed by atoms with van der Waals surface area (Å²) in [7, 11) is 0. The van der Waals surface area contributed by atoms with Gasteiger partial charge in [-0.3, -0.25) is 4.79 Å². The maximum atomic E-state index is 13.1. The highest BCUT2D eigenvalue weighted by Crippen LogP contribution is 2.44. The lowest BCUT2D eigenvalue weighted by molar-refractivity contribution is -0.152. The molecule has 7 heteroatoms. The summed E-state index contributed by atoms with van der Waals surface area (Å²) in [5.74, 6) is -1.75. The Labute approximate surface area is 203 Å². The zero-order valence-corrected chi connectivity index (χ0v) is 19.1. The van der Waals surface area contributed by atoms with Crippen LogP contribution in [-0.2, 0) is 14.3 Å². The third-order valence-corrected chi connectivity index (χ3v) is 6.98. The van der Waals surface area contributed by atoms with E-state index < -0.39 is 29.6 Å². The summed E-state index contributed by atoms with van der Waals surface area (Å²) in [5, 5.41) is 14.9. The average Bonchev–Trinajstić information content (AvgIpc) is 3.17. The Bertz CT molecular complexity index is 1220. The van der Waals surface area contributed by atoms with Gasteiger partial charge < -0.3 is 20.5 Å². The first-order chi connectivity index (χ1) is 17.0. The van der Waals surface area contributed by atoms with Gasteiger partial charge >= 0.3 is 12.1 Å². The second kappa shape index (κ2) is 9.25. The fourth-order valence-corrected chi connectivity index (χ4v) is 4.93. The number of nitrogens with one attached hydrogen (secondary N) is 2. The van der Waals surface area contributed by atoms with Crippen LogP contribution in [0.1, 0.15) is 47.9 Å². The Morgan fingerprint density at radius 3 is 2.00 bits per heavy atom. The molecule has 3 N–H and O–H groups in total. The number of fused-ring (bicyclic) bond motifs is 3. The standard InChI is InChI=1S/C28H26N2O5/c31-25(30-28(26(32)33)15-8-16-28)24(18-9-2-1-3-10-18)29-27(34)35-17-23-21-13-6-4-11-19(21)20-12-5-7-14-22(20)23/h1-7,9-14,23-24H,8,15-17H2,(H,29,34)(H,30,31)(H,32,33). The molecule has 2 aliphatic rings. The molecule has 1 atom stereocenters. The van der Waals surface area contributed by atoms with E-state index in [9.17, 15) is 19.5 Å². The molecule has 3 aromatic rings. The van der Waals surface area contributed by atoms with Crippen molar-refractivity contribution in [2.75, 3.05) is 6.61 Å². The molecule has 0 spiro atoms. The van der Waals surface area contributed by atoms with Crippen molar-refractivity contribution in [3.63, 3.8) is 0 Å². The van der Waals surface area contributed by atoms with Crippen LogP contribution in [0.4, 0.5) is 4.79 Å². The highest BCUT2D eigenvalue weighted by atomic mass is 16.5. The summed E-state index contributed by atoms with van der Waals surface area (Å²) in [4.78, 5) is 37.7. The van der Waals surface area contributed by atoms with Gasteiger partial charge in [-0.1, -0.05) is 78.9 Å². The van der Waals surface area contributed by atoms with Crippen molar-refractivity contribution in [2.45, 2.75) is 36.8 Å². The van der Waals surface area contributed by atoms with Crippen molar-refractivity contribution in [1.29, 1.82) is 0 Å². The van der Waals surface area contributed by atoms with Crippen LogP contribution in [-0.4, -0.2) is 35.2 Å². The molecule has 5 rings (SSSR count). The Balaban J connectivity index is 1.31. The summed E-state index contributed by atoms with van der Waals surface area (Å²) in [6.07, 6.45) is 0.706. The number of benzene rings is 3. The van der Waals surface area contributed by atoms with Gasteiger partial charge in [0, 0.05) is 5.92 Å². The van der Waals surface area contributed by atoms with Gasteiger partial charge in [0.15, 0.2) is 0 Å². The molecule has 3 aromatic carbocycles. The fraction of sp³-hybridized carbons (Fsp3) is 0.250. The number of hydrogen-bond acceptors (Lipinski definition) is 4. The summed E-state index contributed by atoms with van der Waals surface area (Å²) in [5.41, 5.74) is 3.68. The van der Waals surface area contributed by atoms with E-state index in [1.807, 2.05) is 36.4 Å². The molecule has 0 heterocycles. The van der Waals surface area contributed by atoms with Gasteiger partial charge in [-0.25, -0.2) is 9.59 Å². The average molecular weight is 471 g/mol. The maximum absolute atomic E-state index is 13.1. The molecule has 7 nitrogen and oxygen atoms in total. The maximum Gasteiger partial charge on any atom is 0.408 e. The van der Waals surface area contributed by atoms with Gasteiger partial charge in [0.2, 0.25) is 5.91 Å². The first kappa shape index (κ1) is 22.7. The molecular formula is C28H26N2O5. The Morgan fingerprint density at radius 1 is 0.886 bits per heavy atom. The van der Waals surface area contributed by atoms with Crippen LogP contribution in [0.5, 0.6) is 0 Å². The summed E-state index contributed by atoms with van der Waals surface area (Å²) in [6, 6.07) is 23.7. The molecule has 0 radical (unpaired) electrons. The smallest absolute Gasteiger partial charge is 0.408 e. The molecule has 0 bridgehead atoms. The van der Waals surface area contributed by atoms with Crippen molar-refractivity contribution < 1.29 is 24.2 Å². The minimum Gasteiger partial charge on any atom is -0.480 e. The van der Waals surface area contributed by atoms with Gasteiger partial charge in [-0.2, -0.15) is 0 Å². The van der Waals surface area contributed by atoms with Crippen LogP contribution < -0.4 is 10.6 Å². The topological polar surface area (TPSA) is 105 Å². The summed E-state index contributed by atoms with van der Waals surface area (Å²) in [6.45, 7) is 0.113. The number of hydrogen-bond donors (Lipinski definition) is 3. The van der Waals surface area contributed by atoms with E-state index in [4.69, 9.17) is 4.74 Å². The van der Waals surface area contributed by atoms with E-state index in [1.165, 1.54) is 0 Å². The lowest BCUT2D eigenvalue weighted by Gasteiger charge is -2.39.